The fourth-order valence-corrected chi connectivity index (χ4v) is 1.40. The molecular weight excluding hydrogens is 112 g/mol. The Labute approximate surface area is 56.4 Å². The third kappa shape index (κ3) is 1.83. The van der Waals surface area contributed by atoms with Gasteiger partial charge in [-0.25, -0.2) is 0 Å². The third-order valence-corrected chi connectivity index (χ3v) is 1.81. The van der Waals surface area contributed by atoms with Gasteiger partial charge >= 0.3 is 0 Å². The van der Waals surface area contributed by atoms with Crippen molar-refractivity contribution in [3.63, 3.8) is 0 Å². The lowest BCUT2D eigenvalue weighted by atomic mass is 9.89. The van der Waals surface area contributed by atoms with Crippen LogP contribution in [0.4, 0.5) is 0 Å². The second kappa shape index (κ2) is 2.14. The number of aliphatic hydroxyl groups is 1. The largest absolute Gasteiger partial charge is 0.386 e. The summed E-state index contributed by atoms with van der Waals surface area (Å²) in [6.45, 7) is 3.95. The van der Waals surface area contributed by atoms with Crippen LogP contribution >= 0.6 is 0 Å². The Kier molecular flexibility index (Phi) is 1.62. The number of allylic oxidation sites excluding steroid dienone is 1. The zero-order valence-electron chi connectivity index (χ0n) is 6.15. The number of rotatable bonds is 0. The zero-order valence-corrected chi connectivity index (χ0v) is 6.15. The van der Waals surface area contributed by atoms with Crippen LogP contribution in [0.2, 0.25) is 0 Å². The molecule has 1 heteroatoms. The molecule has 0 bridgehead atoms. The smallest absolute Gasteiger partial charge is 0.0802 e. The molecule has 1 unspecified atom stereocenters. The highest BCUT2D eigenvalue weighted by Crippen LogP contribution is 2.25. The van der Waals surface area contributed by atoms with Crippen molar-refractivity contribution in [2.75, 3.05) is 0 Å². The summed E-state index contributed by atoms with van der Waals surface area (Å²) in [6.07, 6.45) is 5.19. The zero-order chi connectivity index (χ0) is 6.91. The van der Waals surface area contributed by atoms with Crippen LogP contribution in [0.15, 0.2) is 11.6 Å². The van der Waals surface area contributed by atoms with Crippen molar-refractivity contribution < 1.29 is 5.11 Å². The molecule has 0 aromatic carbocycles. The highest BCUT2D eigenvalue weighted by atomic mass is 16.3. The first-order chi connectivity index (χ1) is 4.10. The lowest BCUT2D eigenvalue weighted by Crippen LogP contribution is -2.23. The maximum absolute atomic E-state index is 9.47. The van der Waals surface area contributed by atoms with Gasteiger partial charge in [0, 0.05) is 0 Å². The highest BCUT2D eigenvalue weighted by molar-refractivity contribution is 5.11. The molecule has 9 heavy (non-hydrogen) atoms. The predicted octanol–water partition coefficient (Wildman–Crippen LogP) is 1.87. The summed E-state index contributed by atoms with van der Waals surface area (Å²) in [5.41, 5.74) is 0.814. The van der Waals surface area contributed by atoms with E-state index in [2.05, 4.69) is 6.92 Å². The third-order valence-electron chi connectivity index (χ3n) is 1.81. The summed E-state index contributed by atoms with van der Waals surface area (Å²) in [5, 5.41) is 9.47. The van der Waals surface area contributed by atoms with Gasteiger partial charge in [-0.1, -0.05) is 11.6 Å². The van der Waals surface area contributed by atoms with Gasteiger partial charge in [-0.3, -0.25) is 0 Å². The van der Waals surface area contributed by atoms with Gasteiger partial charge in [-0.15, -0.1) is 0 Å². The fourth-order valence-electron chi connectivity index (χ4n) is 1.40. The first kappa shape index (κ1) is 6.81. The first-order valence-electron chi connectivity index (χ1n) is 3.51. The predicted molar refractivity (Wildman–Crippen MR) is 38.2 cm³/mol. The minimum Gasteiger partial charge on any atom is -0.386 e. The normalized spacial score (nSPS) is 36.1. The SMILES string of the molecule is CC1=CC(C)(O)CCC1. The topological polar surface area (TPSA) is 20.2 Å². The molecule has 0 fully saturated rings. The van der Waals surface area contributed by atoms with Crippen LogP contribution in [0.5, 0.6) is 0 Å². The molecule has 1 aliphatic carbocycles. The molecule has 0 amide bonds. The molecule has 0 radical (unpaired) electrons. The van der Waals surface area contributed by atoms with Crippen LogP contribution in [-0.2, 0) is 0 Å². The van der Waals surface area contributed by atoms with Crippen molar-refractivity contribution in [1.82, 2.24) is 0 Å². The number of hydrogen-bond acceptors (Lipinski definition) is 1. The van der Waals surface area contributed by atoms with Gasteiger partial charge in [0.2, 0.25) is 0 Å². The standard InChI is InChI=1S/C8H14O/c1-7-4-3-5-8(2,9)6-7/h6,9H,3-5H2,1-2H3. The molecular formula is C8H14O. The van der Waals surface area contributed by atoms with E-state index in [-0.39, 0.29) is 0 Å². The summed E-state index contributed by atoms with van der Waals surface area (Å²) in [7, 11) is 0. The lowest BCUT2D eigenvalue weighted by molar-refractivity contribution is 0.0930. The van der Waals surface area contributed by atoms with E-state index in [1.54, 1.807) is 0 Å². The van der Waals surface area contributed by atoms with Crippen molar-refractivity contribution in [2.45, 2.75) is 38.7 Å². The van der Waals surface area contributed by atoms with Crippen LogP contribution in [0.3, 0.4) is 0 Å². The maximum atomic E-state index is 9.47. The van der Waals surface area contributed by atoms with Gasteiger partial charge < -0.3 is 5.11 Å². The molecule has 0 heterocycles. The molecule has 1 aliphatic rings. The van der Waals surface area contributed by atoms with Crippen LogP contribution in [-0.4, -0.2) is 10.7 Å². The van der Waals surface area contributed by atoms with Gasteiger partial charge in [0.25, 0.3) is 0 Å². The second-order valence-electron chi connectivity index (χ2n) is 3.20. The fraction of sp³-hybridized carbons (Fsp3) is 0.750. The molecule has 1 atom stereocenters. The summed E-state index contributed by atoms with van der Waals surface area (Å²) < 4.78 is 0. The summed E-state index contributed by atoms with van der Waals surface area (Å²) >= 11 is 0. The summed E-state index contributed by atoms with van der Waals surface area (Å²) in [5.74, 6) is 0. The average molecular weight is 126 g/mol. The van der Waals surface area contributed by atoms with E-state index >= 15 is 0 Å². The molecule has 1 N–H and O–H groups in total. The molecule has 0 aromatic heterocycles. The van der Waals surface area contributed by atoms with Crippen LogP contribution in [0, 0.1) is 0 Å². The van der Waals surface area contributed by atoms with Crippen molar-refractivity contribution in [3.8, 4) is 0 Å². The Morgan fingerprint density at radius 2 is 2.33 bits per heavy atom. The minimum absolute atomic E-state index is 0.512. The highest BCUT2D eigenvalue weighted by Gasteiger charge is 2.19. The Hall–Kier alpha value is -0.300. The van der Waals surface area contributed by atoms with E-state index in [0.717, 1.165) is 19.3 Å². The molecule has 0 saturated heterocycles. The second-order valence-corrected chi connectivity index (χ2v) is 3.20. The molecule has 0 spiro atoms. The van der Waals surface area contributed by atoms with E-state index in [0.29, 0.717) is 0 Å². The van der Waals surface area contributed by atoms with Gasteiger partial charge in [-0.2, -0.15) is 0 Å². The lowest BCUT2D eigenvalue weighted by Gasteiger charge is -2.24. The Bertz CT molecular complexity index is 134. The van der Waals surface area contributed by atoms with E-state index in [4.69, 9.17) is 0 Å². The van der Waals surface area contributed by atoms with Gasteiger partial charge in [0.1, 0.15) is 0 Å². The average Bonchev–Trinajstić information content (AvgIpc) is 1.60. The van der Waals surface area contributed by atoms with Gasteiger partial charge in [0.05, 0.1) is 5.60 Å². The minimum atomic E-state index is -0.512. The van der Waals surface area contributed by atoms with Crippen molar-refractivity contribution in [2.24, 2.45) is 0 Å². The summed E-state index contributed by atoms with van der Waals surface area (Å²) in [6, 6.07) is 0. The molecule has 1 nitrogen and oxygen atoms in total. The van der Waals surface area contributed by atoms with Crippen molar-refractivity contribution in [3.05, 3.63) is 11.6 Å². The monoisotopic (exact) mass is 126 g/mol. The van der Waals surface area contributed by atoms with E-state index in [1.165, 1.54) is 5.57 Å². The first-order valence-corrected chi connectivity index (χ1v) is 3.51. The Morgan fingerprint density at radius 3 is 2.67 bits per heavy atom. The van der Waals surface area contributed by atoms with Gasteiger partial charge in [0.15, 0.2) is 0 Å². The van der Waals surface area contributed by atoms with E-state index in [1.807, 2.05) is 13.0 Å². The quantitative estimate of drug-likeness (QED) is 0.491. The molecule has 0 aliphatic heterocycles. The summed E-state index contributed by atoms with van der Waals surface area (Å²) in [4.78, 5) is 0. The van der Waals surface area contributed by atoms with E-state index < -0.39 is 5.60 Å². The molecule has 1 rings (SSSR count). The van der Waals surface area contributed by atoms with Gasteiger partial charge in [-0.05, 0) is 33.1 Å². The van der Waals surface area contributed by atoms with Crippen LogP contribution in [0.1, 0.15) is 33.1 Å². The van der Waals surface area contributed by atoms with Crippen LogP contribution < -0.4 is 0 Å². The Morgan fingerprint density at radius 1 is 1.67 bits per heavy atom. The molecule has 52 valence electrons. The Balaban J connectivity index is 2.68. The van der Waals surface area contributed by atoms with Crippen LogP contribution in [0.25, 0.3) is 0 Å². The van der Waals surface area contributed by atoms with E-state index in [9.17, 15) is 5.11 Å². The maximum Gasteiger partial charge on any atom is 0.0802 e. The van der Waals surface area contributed by atoms with Crippen molar-refractivity contribution >= 4 is 0 Å². The molecule has 0 saturated carbocycles. The van der Waals surface area contributed by atoms with Crippen molar-refractivity contribution in [1.29, 1.82) is 0 Å². The molecule has 0 aromatic rings. The number of hydrogen-bond donors (Lipinski definition) is 1.